The third kappa shape index (κ3) is 2.22. The van der Waals surface area contributed by atoms with Gasteiger partial charge in [-0.25, -0.2) is 0 Å². The van der Waals surface area contributed by atoms with Gasteiger partial charge in [-0.05, 0) is 0 Å². The lowest BCUT2D eigenvalue weighted by Crippen LogP contribution is -1.96. The van der Waals surface area contributed by atoms with Gasteiger partial charge in [-0.2, -0.15) is 0 Å². The van der Waals surface area contributed by atoms with Crippen LogP contribution < -0.4 is 4.74 Å². The van der Waals surface area contributed by atoms with Gasteiger partial charge in [0, 0.05) is 24.1 Å². The van der Waals surface area contributed by atoms with Gasteiger partial charge in [0.1, 0.15) is 12.0 Å². The molecule has 0 radical (unpaired) electrons. The van der Waals surface area contributed by atoms with E-state index in [2.05, 4.69) is 0 Å². The number of carbonyl (C=O) groups excluding carboxylic acids is 1. The Hall–Kier alpha value is -2.11. The maximum absolute atomic E-state index is 10.6. The number of rotatable bonds is 4. The number of nitrogens with zero attached hydrogens (tertiary/aromatic N) is 1. The van der Waals surface area contributed by atoms with Crippen LogP contribution in [0.25, 0.3) is 0 Å². The first-order chi connectivity index (χ1) is 7.10. The van der Waals surface area contributed by atoms with Gasteiger partial charge in [0.2, 0.25) is 5.75 Å². The number of aromatic hydroxyl groups is 1. The second-order valence-electron chi connectivity index (χ2n) is 2.78. The number of ether oxygens (including phenoxy) is 1. The molecule has 0 aliphatic carbocycles. The molecule has 1 rings (SSSR count). The number of nitro groups is 1. The molecule has 0 aromatic heterocycles. The molecule has 0 amide bonds. The van der Waals surface area contributed by atoms with E-state index in [1.807, 2.05) is 0 Å². The minimum atomic E-state index is -0.632. The van der Waals surface area contributed by atoms with E-state index in [-0.39, 0.29) is 29.2 Å². The molecular formula is C9H9NO5. The molecule has 6 heteroatoms. The Balaban J connectivity index is 3.29. The van der Waals surface area contributed by atoms with Crippen LogP contribution in [0.4, 0.5) is 5.69 Å². The van der Waals surface area contributed by atoms with Gasteiger partial charge in [0.25, 0.3) is 0 Å². The van der Waals surface area contributed by atoms with E-state index < -0.39 is 4.92 Å². The smallest absolute Gasteiger partial charge is 0.311 e. The predicted molar refractivity (Wildman–Crippen MR) is 51.1 cm³/mol. The Morgan fingerprint density at radius 2 is 2.27 bits per heavy atom. The van der Waals surface area contributed by atoms with Gasteiger partial charge >= 0.3 is 5.69 Å². The molecule has 0 saturated carbocycles. The fourth-order valence-electron chi connectivity index (χ4n) is 1.16. The number of phenolic OH excluding ortho intramolecular Hbond substituents is 1. The zero-order valence-corrected chi connectivity index (χ0v) is 7.97. The first-order valence-electron chi connectivity index (χ1n) is 4.08. The highest BCUT2D eigenvalue weighted by molar-refractivity contribution is 5.62. The van der Waals surface area contributed by atoms with E-state index in [1.165, 1.54) is 7.11 Å². The summed E-state index contributed by atoms with van der Waals surface area (Å²) in [7, 11) is 1.27. The Morgan fingerprint density at radius 1 is 1.60 bits per heavy atom. The highest BCUT2D eigenvalue weighted by atomic mass is 16.6. The monoisotopic (exact) mass is 211 g/mol. The van der Waals surface area contributed by atoms with E-state index in [0.717, 1.165) is 12.1 Å². The zero-order valence-electron chi connectivity index (χ0n) is 7.97. The number of methoxy groups -OCH3 is 1. The highest BCUT2D eigenvalue weighted by Crippen LogP contribution is 2.33. The summed E-state index contributed by atoms with van der Waals surface area (Å²) in [6.45, 7) is 0. The van der Waals surface area contributed by atoms with E-state index in [4.69, 9.17) is 4.74 Å². The van der Waals surface area contributed by atoms with Crippen LogP contribution >= 0.6 is 0 Å². The maximum atomic E-state index is 10.6. The second-order valence-corrected chi connectivity index (χ2v) is 2.78. The average Bonchev–Trinajstić information content (AvgIpc) is 2.20. The number of carbonyl (C=O) groups is 1. The van der Waals surface area contributed by atoms with Crippen LogP contribution in [0, 0.1) is 10.1 Å². The van der Waals surface area contributed by atoms with Crippen molar-refractivity contribution in [3.05, 3.63) is 27.8 Å². The van der Waals surface area contributed by atoms with E-state index in [0.29, 0.717) is 6.29 Å². The Labute approximate surface area is 85.2 Å². The minimum Gasteiger partial charge on any atom is -0.508 e. The minimum absolute atomic E-state index is 0.0350. The highest BCUT2D eigenvalue weighted by Gasteiger charge is 2.18. The van der Waals surface area contributed by atoms with Gasteiger partial charge in [0.15, 0.2) is 0 Å². The van der Waals surface area contributed by atoms with E-state index in [9.17, 15) is 20.0 Å². The molecule has 0 atom stereocenters. The Bertz CT molecular complexity index is 402. The number of benzene rings is 1. The lowest BCUT2D eigenvalue weighted by molar-refractivity contribution is -0.385. The molecule has 0 saturated heterocycles. The fraction of sp³-hybridized carbons (Fsp3) is 0.222. The quantitative estimate of drug-likeness (QED) is 0.456. The summed E-state index contributed by atoms with van der Waals surface area (Å²) >= 11 is 0. The van der Waals surface area contributed by atoms with Crippen molar-refractivity contribution in [1.29, 1.82) is 0 Å². The summed E-state index contributed by atoms with van der Waals surface area (Å²) in [5.41, 5.74) is -0.0651. The summed E-state index contributed by atoms with van der Waals surface area (Å²) in [4.78, 5) is 20.2. The molecule has 0 aliphatic rings. The first-order valence-corrected chi connectivity index (χ1v) is 4.08. The topological polar surface area (TPSA) is 89.7 Å². The van der Waals surface area contributed by atoms with Crippen molar-refractivity contribution in [2.24, 2.45) is 0 Å². The summed E-state index contributed by atoms with van der Waals surface area (Å²) in [5.74, 6) is -0.225. The molecule has 0 fully saturated rings. The molecule has 80 valence electrons. The van der Waals surface area contributed by atoms with Crippen LogP contribution in [0.2, 0.25) is 0 Å². The van der Waals surface area contributed by atoms with Crippen molar-refractivity contribution in [2.75, 3.05) is 7.11 Å². The molecule has 0 unspecified atom stereocenters. The number of hydrogen-bond donors (Lipinski definition) is 1. The van der Waals surface area contributed by atoms with Gasteiger partial charge in [-0.3, -0.25) is 10.1 Å². The molecule has 0 heterocycles. The molecular weight excluding hydrogens is 202 g/mol. The molecule has 0 spiro atoms. The molecule has 15 heavy (non-hydrogen) atoms. The summed E-state index contributed by atoms with van der Waals surface area (Å²) in [6.07, 6.45) is 0.488. The molecule has 1 N–H and O–H groups in total. The van der Waals surface area contributed by atoms with Crippen LogP contribution in [-0.4, -0.2) is 23.4 Å². The van der Waals surface area contributed by atoms with Crippen molar-refractivity contribution in [2.45, 2.75) is 6.42 Å². The van der Waals surface area contributed by atoms with Crippen molar-refractivity contribution in [3.8, 4) is 11.5 Å². The number of aldehydes is 1. The van der Waals surface area contributed by atoms with Gasteiger partial charge < -0.3 is 14.6 Å². The van der Waals surface area contributed by atoms with Crippen LogP contribution in [-0.2, 0) is 11.2 Å². The summed E-state index contributed by atoms with van der Waals surface area (Å²) < 4.78 is 4.73. The number of nitro benzene ring substituents is 1. The van der Waals surface area contributed by atoms with Crippen LogP contribution in [0.1, 0.15) is 5.56 Å². The van der Waals surface area contributed by atoms with Crippen molar-refractivity contribution in [1.82, 2.24) is 0 Å². The second kappa shape index (κ2) is 4.41. The lowest BCUT2D eigenvalue weighted by Gasteiger charge is -2.05. The first kappa shape index (κ1) is 11.0. The summed E-state index contributed by atoms with van der Waals surface area (Å²) in [6, 6.07) is 2.25. The van der Waals surface area contributed by atoms with Gasteiger partial charge in [-0.15, -0.1) is 0 Å². The Kier molecular flexibility index (Phi) is 3.22. The van der Waals surface area contributed by atoms with Crippen molar-refractivity contribution >= 4 is 12.0 Å². The molecule has 0 bridgehead atoms. The number of hydrogen-bond acceptors (Lipinski definition) is 5. The fourth-order valence-corrected chi connectivity index (χ4v) is 1.16. The van der Waals surface area contributed by atoms with E-state index >= 15 is 0 Å². The summed E-state index contributed by atoms with van der Waals surface area (Å²) in [5, 5.41) is 20.0. The third-order valence-corrected chi connectivity index (χ3v) is 1.88. The SMILES string of the molecule is COc1cc(O)c(CC=O)cc1[N+](=O)[O-]. The van der Waals surface area contributed by atoms with Crippen molar-refractivity contribution in [3.63, 3.8) is 0 Å². The van der Waals surface area contributed by atoms with Crippen LogP contribution in [0.5, 0.6) is 11.5 Å². The van der Waals surface area contributed by atoms with Crippen LogP contribution in [0.15, 0.2) is 12.1 Å². The molecule has 1 aromatic carbocycles. The molecule has 1 aromatic rings. The predicted octanol–water partition coefficient (Wildman–Crippen LogP) is 1.05. The molecule has 6 nitrogen and oxygen atoms in total. The Morgan fingerprint density at radius 3 is 2.73 bits per heavy atom. The average molecular weight is 211 g/mol. The van der Waals surface area contributed by atoms with Crippen LogP contribution in [0.3, 0.4) is 0 Å². The van der Waals surface area contributed by atoms with Gasteiger partial charge in [0.05, 0.1) is 12.0 Å². The largest absolute Gasteiger partial charge is 0.508 e. The number of phenols is 1. The van der Waals surface area contributed by atoms with E-state index in [1.54, 1.807) is 0 Å². The standard InChI is InChI=1S/C9H9NO5/c1-15-9-5-8(12)6(2-3-11)4-7(9)10(13)14/h3-5,12H,2H2,1H3. The maximum Gasteiger partial charge on any atom is 0.311 e. The van der Waals surface area contributed by atoms with Crippen molar-refractivity contribution < 1.29 is 19.6 Å². The third-order valence-electron chi connectivity index (χ3n) is 1.88. The normalized spacial score (nSPS) is 9.67. The molecule has 0 aliphatic heterocycles. The van der Waals surface area contributed by atoms with Gasteiger partial charge in [-0.1, -0.05) is 0 Å². The lowest BCUT2D eigenvalue weighted by atomic mass is 10.1. The zero-order chi connectivity index (χ0) is 11.4.